The molecule has 0 amide bonds. The number of benzene rings is 1. The first kappa shape index (κ1) is 16.5. The van der Waals surface area contributed by atoms with Gasteiger partial charge in [-0.25, -0.2) is 9.19 Å². The van der Waals surface area contributed by atoms with Crippen molar-refractivity contribution in [2.75, 3.05) is 0 Å². The van der Waals surface area contributed by atoms with Crippen LogP contribution in [0.25, 0.3) is 0 Å². The molecule has 0 radical (unpaired) electrons. The van der Waals surface area contributed by atoms with E-state index in [1.165, 1.54) is 0 Å². The molecule has 21 heavy (non-hydrogen) atoms. The van der Waals surface area contributed by atoms with Crippen LogP contribution in [0.2, 0.25) is 10.0 Å². The zero-order chi connectivity index (χ0) is 15.7. The molecule has 1 unspecified atom stereocenters. The molecule has 1 aromatic heterocycles. The van der Waals surface area contributed by atoms with Crippen LogP contribution in [-0.2, 0) is 24.5 Å². The normalized spacial score (nSPS) is 12.9. The zero-order valence-electron chi connectivity index (χ0n) is 11.9. The van der Waals surface area contributed by atoms with Gasteiger partial charge in [0.05, 0.1) is 5.69 Å². The standard InChI is InChI=1S/C14H16Cl2N2O2S/c1-8(2)13-14(18(3)12(7-19)17-13)21(20)11-5-9(15)4-10(16)6-11/h4-6,8,19H,7H2,1-3H3. The van der Waals surface area contributed by atoms with E-state index in [2.05, 4.69) is 4.98 Å². The summed E-state index contributed by atoms with van der Waals surface area (Å²) in [6.45, 7) is 3.73. The number of aliphatic hydroxyl groups excluding tert-OH is 1. The molecule has 7 heteroatoms. The number of hydrogen-bond acceptors (Lipinski definition) is 3. The summed E-state index contributed by atoms with van der Waals surface area (Å²) < 4.78 is 14.5. The second kappa shape index (κ2) is 6.48. The maximum Gasteiger partial charge on any atom is 0.135 e. The molecule has 1 N–H and O–H groups in total. The molecule has 0 bridgehead atoms. The lowest BCUT2D eigenvalue weighted by atomic mass is 10.2. The number of aromatic nitrogens is 2. The van der Waals surface area contributed by atoms with Crippen molar-refractivity contribution in [2.45, 2.75) is 36.3 Å². The van der Waals surface area contributed by atoms with Gasteiger partial charge in [0.15, 0.2) is 0 Å². The fourth-order valence-electron chi connectivity index (χ4n) is 2.03. The minimum Gasteiger partial charge on any atom is -0.388 e. The lowest BCUT2D eigenvalue weighted by molar-refractivity contribution is 0.266. The monoisotopic (exact) mass is 346 g/mol. The summed E-state index contributed by atoms with van der Waals surface area (Å²) in [7, 11) is 0.269. The van der Waals surface area contributed by atoms with Crippen molar-refractivity contribution < 1.29 is 9.32 Å². The Morgan fingerprint density at radius 1 is 1.29 bits per heavy atom. The summed E-state index contributed by atoms with van der Waals surface area (Å²) in [5.41, 5.74) is 0.705. The van der Waals surface area contributed by atoms with Crippen LogP contribution in [0.1, 0.15) is 31.3 Å². The van der Waals surface area contributed by atoms with Gasteiger partial charge in [0.25, 0.3) is 0 Å². The molecule has 0 saturated heterocycles. The summed E-state index contributed by atoms with van der Waals surface area (Å²) in [6.07, 6.45) is 0. The van der Waals surface area contributed by atoms with Gasteiger partial charge in [-0.1, -0.05) is 37.0 Å². The molecule has 1 aromatic carbocycles. The van der Waals surface area contributed by atoms with Crippen LogP contribution in [0.15, 0.2) is 28.1 Å². The molecule has 1 atom stereocenters. The molecule has 0 aliphatic carbocycles. The molecular weight excluding hydrogens is 331 g/mol. The second-order valence-electron chi connectivity index (χ2n) is 4.96. The summed E-state index contributed by atoms with van der Waals surface area (Å²) in [6, 6.07) is 4.84. The van der Waals surface area contributed by atoms with Crippen LogP contribution >= 0.6 is 23.2 Å². The van der Waals surface area contributed by atoms with E-state index < -0.39 is 10.8 Å². The summed E-state index contributed by atoms with van der Waals surface area (Å²) in [4.78, 5) is 4.89. The first-order chi connectivity index (χ1) is 9.85. The average Bonchev–Trinajstić information content (AvgIpc) is 2.74. The van der Waals surface area contributed by atoms with Gasteiger partial charge in [-0.05, 0) is 24.1 Å². The van der Waals surface area contributed by atoms with E-state index in [-0.39, 0.29) is 12.5 Å². The van der Waals surface area contributed by atoms with Crippen LogP contribution < -0.4 is 0 Å². The molecule has 4 nitrogen and oxygen atoms in total. The highest BCUT2D eigenvalue weighted by molar-refractivity contribution is 7.85. The molecule has 2 rings (SSSR count). The SMILES string of the molecule is CC(C)c1nc(CO)n(C)c1S(=O)c1cc(Cl)cc(Cl)c1. The van der Waals surface area contributed by atoms with E-state index in [4.69, 9.17) is 23.2 Å². The van der Waals surface area contributed by atoms with E-state index in [1.54, 1.807) is 29.8 Å². The highest BCUT2D eigenvalue weighted by Crippen LogP contribution is 2.29. The van der Waals surface area contributed by atoms with Crippen LogP contribution in [-0.4, -0.2) is 18.9 Å². The van der Waals surface area contributed by atoms with Crippen molar-refractivity contribution in [3.8, 4) is 0 Å². The number of halogens is 2. The van der Waals surface area contributed by atoms with Gasteiger partial charge in [0, 0.05) is 22.0 Å². The summed E-state index contributed by atoms with van der Waals surface area (Å²) in [5, 5.41) is 10.8. The van der Waals surface area contributed by atoms with Gasteiger partial charge in [-0.3, -0.25) is 0 Å². The zero-order valence-corrected chi connectivity index (χ0v) is 14.3. The molecule has 0 aliphatic heterocycles. The molecule has 0 saturated carbocycles. The van der Waals surface area contributed by atoms with Crippen molar-refractivity contribution in [3.63, 3.8) is 0 Å². The molecule has 0 fully saturated rings. The van der Waals surface area contributed by atoms with E-state index in [0.29, 0.717) is 31.5 Å². The number of nitrogens with zero attached hydrogens (tertiary/aromatic N) is 2. The Kier molecular flexibility index (Phi) is 5.09. The van der Waals surface area contributed by atoms with Gasteiger partial charge >= 0.3 is 0 Å². The van der Waals surface area contributed by atoms with Gasteiger partial charge in [-0.15, -0.1) is 0 Å². The summed E-state index contributed by atoms with van der Waals surface area (Å²) in [5.74, 6) is 0.570. The number of rotatable bonds is 4. The quantitative estimate of drug-likeness (QED) is 0.921. The van der Waals surface area contributed by atoms with Crippen LogP contribution in [0.4, 0.5) is 0 Å². The third-order valence-electron chi connectivity index (χ3n) is 3.07. The third-order valence-corrected chi connectivity index (χ3v) is 5.01. The van der Waals surface area contributed by atoms with Crippen LogP contribution in [0.3, 0.4) is 0 Å². The van der Waals surface area contributed by atoms with Gasteiger partial charge in [0.1, 0.15) is 28.3 Å². The first-order valence-electron chi connectivity index (χ1n) is 6.39. The molecule has 0 aliphatic rings. The Morgan fingerprint density at radius 3 is 2.33 bits per heavy atom. The second-order valence-corrected chi connectivity index (χ2v) is 7.23. The molecule has 114 valence electrons. The van der Waals surface area contributed by atoms with Crippen LogP contribution in [0.5, 0.6) is 0 Å². The minimum atomic E-state index is -1.47. The molecule has 2 aromatic rings. The summed E-state index contributed by atoms with van der Waals surface area (Å²) >= 11 is 11.9. The van der Waals surface area contributed by atoms with Gasteiger partial charge < -0.3 is 9.67 Å². The topological polar surface area (TPSA) is 55.1 Å². The maximum atomic E-state index is 12.9. The van der Waals surface area contributed by atoms with Crippen molar-refractivity contribution >= 4 is 34.0 Å². The Hall–Kier alpha value is -0.880. The predicted molar refractivity (Wildman–Crippen MR) is 84.4 cm³/mol. The van der Waals surface area contributed by atoms with Crippen LogP contribution in [0, 0.1) is 0 Å². The van der Waals surface area contributed by atoms with E-state index in [0.717, 1.165) is 0 Å². The third kappa shape index (κ3) is 3.31. The smallest absolute Gasteiger partial charge is 0.135 e. The lowest BCUT2D eigenvalue weighted by Crippen LogP contribution is -2.06. The fourth-order valence-corrected chi connectivity index (χ4v) is 4.21. The largest absolute Gasteiger partial charge is 0.388 e. The van der Waals surface area contributed by atoms with Gasteiger partial charge in [0.2, 0.25) is 0 Å². The van der Waals surface area contributed by atoms with E-state index in [9.17, 15) is 9.32 Å². The number of imidazole rings is 1. The minimum absolute atomic E-state index is 0.0881. The Bertz CT molecular complexity index is 678. The molecule has 0 spiro atoms. The Labute approximate surface area is 136 Å². The lowest BCUT2D eigenvalue weighted by Gasteiger charge is -2.09. The number of hydrogen-bond donors (Lipinski definition) is 1. The van der Waals surface area contributed by atoms with Crippen molar-refractivity contribution in [1.29, 1.82) is 0 Å². The maximum absolute atomic E-state index is 12.9. The number of aliphatic hydroxyl groups is 1. The Morgan fingerprint density at radius 2 is 1.86 bits per heavy atom. The van der Waals surface area contributed by atoms with Crippen molar-refractivity contribution in [2.24, 2.45) is 7.05 Å². The van der Waals surface area contributed by atoms with E-state index >= 15 is 0 Å². The molecular formula is C14H16Cl2N2O2S. The van der Waals surface area contributed by atoms with Crippen molar-refractivity contribution in [1.82, 2.24) is 9.55 Å². The highest BCUT2D eigenvalue weighted by atomic mass is 35.5. The average molecular weight is 347 g/mol. The predicted octanol–water partition coefficient (Wildman–Crippen LogP) is 3.51. The fraction of sp³-hybridized carbons (Fsp3) is 0.357. The van der Waals surface area contributed by atoms with Crippen molar-refractivity contribution in [3.05, 3.63) is 39.8 Å². The Balaban J connectivity index is 2.59. The van der Waals surface area contributed by atoms with E-state index in [1.807, 2.05) is 13.8 Å². The van der Waals surface area contributed by atoms with Gasteiger partial charge in [-0.2, -0.15) is 0 Å². The molecule has 1 heterocycles. The first-order valence-corrected chi connectivity index (χ1v) is 8.30. The highest BCUT2D eigenvalue weighted by Gasteiger charge is 2.23.